The first kappa shape index (κ1) is 7.58. The Bertz CT molecular complexity index is 151. The molecular weight excluding hydrogens is 124 g/mol. The number of amidine groups is 1. The fourth-order valence-electron chi connectivity index (χ4n) is 1.34. The molecule has 58 valence electrons. The van der Waals surface area contributed by atoms with Gasteiger partial charge in [0.25, 0.3) is 0 Å². The topological polar surface area (TPSA) is 38.4 Å². The van der Waals surface area contributed by atoms with Crippen LogP contribution in [0.4, 0.5) is 0 Å². The van der Waals surface area contributed by atoms with E-state index in [0.717, 1.165) is 5.92 Å². The molecule has 0 bridgehead atoms. The van der Waals surface area contributed by atoms with Crippen LogP contribution < -0.4 is 5.73 Å². The maximum atomic E-state index is 5.49. The van der Waals surface area contributed by atoms with Gasteiger partial charge in [0.05, 0.1) is 11.4 Å². The lowest BCUT2D eigenvalue weighted by molar-refractivity contribution is 0.455. The zero-order valence-electron chi connectivity index (χ0n) is 7.02. The van der Waals surface area contributed by atoms with E-state index in [1.54, 1.807) is 0 Å². The van der Waals surface area contributed by atoms with E-state index in [-0.39, 0.29) is 5.54 Å². The van der Waals surface area contributed by atoms with Crippen LogP contribution in [0.15, 0.2) is 4.99 Å². The third-order valence-corrected chi connectivity index (χ3v) is 2.04. The van der Waals surface area contributed by atoms with Crippen LogP contribution in [0, 0.1) is 5.92 Å². The van der Waals surface area contributed by atoms with Gasteiger partial charge in [-0.15, -0.1) is 0 Å². The fraction of sp³-hybridized carbons (Fsp3) is 0.875. The third kappa shape index (κ3) is 1.72. The first-order chi connectivity index (χ1) is 4.52. The second kappa shape index (κ2) is 2.26. The van der Waals surface area contributed by atoms with Crippen LogP contribution in [0.25, 0.3) is 0 Å². The molecule has 0 heterocycles. The lowest BCUT2D eigenvalue weighted by atomic mass is 10.00. The van der Waals surface area contributed by atoms with Crippen molar-refractivity contribution in [1.82, 2.24) is 0 Å². The normalized spacial score (nSPS) is 21.3. The molecule has 0 atom stereocenters. The molecule has 0 radical (unpaired) electrons. The van der Waals surface area contributed by atoms with Gasteiger partial charge in [0, 0.05) is 0 Å². The van der Waals surface area contributed by atoms with Gasteiger partial charge in [-0.3, -0.25) is 4.99 Å². The third-order valence-electron chi connectivity index (χ3n) is 2.04. The van der Waals surface area contributed by atoms with E-state index in [1.807, 2.05) is 6.92 Å². The number of hydrogen-bond donors (Lipinski definition) is 1. The first-order valence-electron chi connectivity index (χ1n) is 3.84. The Morgan fingerprint density at radius 2 is 2.00 bits per heavy atom. The molecule has 2 heteroatoms. The molecule has 0 aromatic heterocycles. The highest BCUT2D eigenvalue weighted by atomic mass is 14.9. The van der Waals surface area contributed by atoms with Crippen LogP contribution in [-0.4, -0.2) is 11.4 Å². The summed E-state index contributed by atoms with van der Waals surface area (Å²) < 4.78 is 0. The van der Waals surface area contributed by atoms with Gasteiger partial charge in [-0.2, -0.15) is 0 Å². The molecule has 2 N–H and O–H groups in total. The van der Waals surface area contributed by atoms with Gasteiger partial charge in [0.1, 0.15) is 0 Å². The largest absolute Gasteiger partial charge is 0.388 e. The van der Waals surface area contributed by atoms with Gasteiger partial charge in [-0.1, -0.05) is 0 Å². The number of aliphatic imine (C=N–C) groups is 1. The second-order valence-corrected chi connectivity index (χ2v) is 3.68. The van der Waals surface area contributed by atoms with Crippen molar-refractivity contribution in [3.05, 3.63) is 0 Å². The molecule has 1 fully saturated rings. The van der Waals surface area contributed by atoms with Gasteiger partial charge < -0.3 is 5.73 Å². The van der Waals surface area contributed by atoms with Crippen molar-refractivity contribution in [2.45, 2.75) is 39.2 Å². The molecule has 0 aliphatic heterocycles. The number of nitrogens with zero attached hydrogens (tertiary/aromatic N) is 1. The Labute approximate surface area is 62.5 Å². The molecule has 1 saturated carbocycles. The van der Waals surface area contributed by atoms with Crippen LogP contribution in [0.5, 0.6) is 0 Å². The van der Waals surface area contributed by atoms with Gasteiger partial charge in [0.2, 0.25) is 0 Å². The highest BCUT2D eigenvalue weighted by molar-refractivity contribution is 5.77. The molecule has 10 heavy (non-hydrogen) atoms. The van der Waals surface area contributed by atoms with Crippen LogP contribution >= 0.6 is 0 Å². The SMILES string of the molecule is CC(N)=NC(C)(C)C1CC1. The minimum Gasteiger partial charge on any atom is -0.388 e. The Hall–Kier alpha value is -0.530. The van der Waals surface area contributed by atoms with Crippen LogP contribution in [0.3, 0.4) is 0 Å². The zero-order valence-corrected chi connectivity index (χ0v) is 7.02. The van der Waals surface area contributed by atoms with E-state index in [9.17, 15) is 0 Å². The van der Waals surface area contributed by atoms with Crippen LogP contribution in [0.2, 0.25) is 0 Å². The molecule has 1 aliphatic rings. The van der Waals surface area contributed by atoms with Crippen molar-refractivity contribution in [2.24, 2.45) is 16.6 Å². The van der Waals surface area contributed by atoms with Crippen molar-refractivity contribution in [3.63, 3.8) is 0 Å². The summed E-state index contributed by atoms with van der Waals surface area (Å²) in [6, 6.07) is 0. The van der Waals surface area contributed by atoms with Crippen molar-refractivity contribution >= 4 is 5.84 Å². The van der Waals surface area contributed by atoms with Gasteiger partial charge in [-0.25, -0.2) is 0 Å². The maximum Gasteiger partial charge on any atom is 0.0912 e. The summed E-state index contributed by atoms with van der Waals surface area (Å²) in [6.45, 7) is 6.16. The Morgan fingerprint density at radius 3 is 2.30 bits per heavy atom. The molecule has 0 amide bonds. The molecule has 0 spiro atoms. The van der Waals surface area contributed by atoms with Gasteiger partial charge >= 0.3 is 0 Å². The van der Waals surface area contributed by atoms with E-state index in [1.165, 1.54) is 12.8 Å². The van der Waals surface area contributed by atoms with Crippen LogP contribution in [-0.2, 0) is 0 Å². The van der Waals surface area contributed by atoms with Gasteiger partial charge in [0.15, 0.2) is 0 Å². The van der Waals surface area contributed by atoms with E-state index < -0.39 is 0 Å². The fourth-order valence-corrected chi connectivity index (χ4v) is 1.34. The lowest BCUT2D eigenvalue weighted by Gasteiger charge is -2.18. The Kier molecular flexibility index (Phi) is 1.71. The zero-order chi connectivity index (χ0) is 7.78. The number of rotatable bonds is 2. The predicted octanol–water partition coefficient (Wildman–Crippen LogP) is 1.55. The molecule has 1 aliphatic carbocycles. The molecule has 0 aromatic carbocycles. The molecule has 1 rings (SSSR count). The number of hydrogen-bond acceptors (Lipinski definition) is 1. The van der Waals surface area contributed by atoms with Gasteiger partial charge in [-0.05, 0) is 39.5 Å². The summed E-state index contributed by atoms with van der Waals surface area (Å²) in [5, 5.41) is 0. The van der Waals surface area contributed by atoms with E-state index in [2.05, 4.69) is 18.8 Å². The summed E-state index contributed by atoms with van der Waals surface area (Å²) in [7, 11) is 0. The van der Waals surface area contributed by atoms with Crippen LogP contribution in [0.1, 0.15) is 33.6 Å². The molecule has 0 aromatic rings. The average molecular weight is 140 g/mol. The van der Waals surface area contributed by atoms with Crippen molar-refractivity contribution in [2.75, 3.05) is 0 Å². The average Bonchev–Trinajstić information content (AvgIpc) is 2.35. The van der Waals surface area contributed by atoms with E-state index >= 15 is 0 Å². The molecular formula is C8H16N2. The highest BCUT2D eigenvalue weighted by Gasteiger charge is 2.37. The molecule has 0 unspecified atom stereocenters. The summed E-state index contributed by atoms with van der Waals surface area (Å²) >= 11 is 0. The summed E-state index contributed by atoms with van der Waals surface area (Å²) in [5.74, 6) is 1.49. The van der Waals surface area contributed by atoms with E-state index in [4.69, 9.17) is 5.73 Å². The van der Waals surface area contributed by atoms with Crippen molar-refractivity contribution in [3.8, 4) is 0 Å². The summed E-state index contributed by atoms with van der Waals surface area (Å²) in [4.78, 5) is 4.37. The smallest absolute Gasteiger partial charge is 0.0912 e. The number of nitrogens with two attached hydrogens (primary N) is 1. The monoisotopic (exact) mass is 140 g/mol. The quantitative estimate of drug-likeness (QED) is 0.458. The highest BCUT2D eigenvalue weighted by Crippen LogP contribution is 2.41. The first-order valence-corrected chi connectivity index (χ1v) is 3.84. The standard InChI is InChI=1S/C8H16N2/c1-6(9)10-8(2,3)7-4-5-7/h7H,4-5H2,1-3H3,(H2,9,10). The van der Waals surface area contributed by atoms with Crippen molar-refractivity contribution in [1.29, 1.82) is 0 Å². The Balaban J connectivity index is 2.58. The summed E-state index contributed by atoms with van der Waals surface area (Å²) in [6.07, 6.45) is 2.65. The summed E-state index contributed by atoms with van der Waals surface area (Å²) in [5.41, 5.74) is 5.59. The van der Waals surface area contributed by atoms with Crippen molar-refractivity contribution < 1.29 is 0 Å². The minimum atomic E-state index is 0.0961. The maximum absolute atomic E-state index is 5.49. The Morgan fingerprint density at radius 1 is 1.50 bits per heavy atom. The molecule has 2 nitrogen and oxygen atoms in total. The van der Waals surface area contributed by atoms with E-state index in [0.29, 0.717) is 5.84 Å². The predicted molar refractivity (Wildman–Crippen MR) is 44.1 cm³/mol. The second-order valence-electron chi connectivity index (χ2n) is 3.68. The lowest BCUT2D eigenvalue weighted by Crippen LogP contribution is -2.23. The molecule has 0 saturated heterocycles. The minimum absolute atomic E-state index is 0.0961.